The van der Waals surface area contributed by atoms with Gasteiger partial charge in [0, 0.05) is 13.1 Å². The first-order valence-corrected chi connectivity index (χ1v) is 6.90. The van der Waals surface area contributed by atoms with Crippen LogP contribution in [-0.2, 0) is 9.59 Å². The summed E-state index contributed by atoms with van der Waals surface area (Å²) in [6, 6.07) is 0. The zero-order chi connectivity index (χ0) is 13.0. The normalized spacial score (nSPS) is 23.0. The summed E-state index contributed by atoms with van der Waals surface area (Å²) in [5, 5.41) is 8.91. The van der Waals surface area contributed by atoms with Crippen molar-refractivity contribution in [2.45, 2.75) is 32.1 Å². The number of likely N-dealkylation sites (tertiary alicyclic amines) is 2. The predicted molar refractivity (Wildman–Crippen MR) is 67.2 cm³/mol. The molecule has 0 aliphatic carbocycles. The Morgan fingerprint density at radius 1 is 1.00 bits per heavy atom. The highest BCUT2D eigenvalue weighted by Gasteiger charge is 2.27. The fourth-order valence-electron chi connectivity index (χ4n) is 2.78. The number of carboxylic acid groups (broad SMARTS) is 1. The van der Waals surface area contributed by atoms with E-state index in [9.17, 15) is 9.59 Å². The minimum absolute atomic E-state index is 0.167. The highest BCUT2D eigenvalue weighted by atomic mass is 16.4. The molecule has 18 heavy (non-hydrogen) atoms. The van der Waals surface area contributed by atoms with Gasteiger partial charge in [-0.15, -0.1) is 0 Å². The quantitative estimate of drug-likeness (QED) is 0.809. The van der Waals surface area contributed by atoms with E-state index in [0.29, 0.717) is 32.5 Å². The number of nitrogens with zero attached hydrogens (tertiary/aromatic N) is 2. The summed E-state index contributed by atoms with van der Waals surface area (Å²) in [7, 11) is 0. The Bertz CT molecular complexity index is 305. The average Bonchev–Trinajstić information content (AvgIpc) is 2.40. The van der Waals surface area contributed by atoms with E-state index in [4.69, 9.17) is 5.11 Å². The molecule has 0 aromatic carbocycles. The SMILES string of the molecule is O=C(O)C1CCN(C(=O)CN2CCCCC2)CC1. The van der Waals surface area contributed by atoms with Gasteiger partial charge in [0.2, 0.25) is 5.91 Å². The zero-order valence-electron chi connectivity index (χ0n) is 10.8. The summed E-state index contributed by atoms with van der Waals surface area (Å²) in [4.78, 5) is 27.0. The Kier molecular flexibility index (Phi) is 4.58. The molecule has 0 atom stereocenters. The molecule has 1 N–H and O–H groups in total. The first-order chi connectivity index (χ1) is 8.66. The van der Waals surface area contributed by atoms with Crippen LogP contribution in [0.25, 0.3) is 0 Å². The standard InChI is InChI=1S/C13H22N2O3/c16-12(10-14-6-2-1-3-7-14)15-8-4-11(5-9-15)13(17)18/h11H,1-10H2,(H,17,18). The van der Waals surface area contributed by atoms with Crippen LogP contribution in [-0.4, -0.2) is 59.5 Å². The Balaban J connectivity index is 1.75. The van der Waals surface area contributed by atoms with Crippen LogP contribution in [0.2, 0.25) is 0 Å². The minimum atomic E-state index is -0.724. The van der Waals surface area contributed by atoms with E-state index in [1.54, 1.807) is 0 Å². The van der Waals surface area contributed by atoms with Crippen LogP contribution in [0.15, 0.2) is 0 Å². The second-order valence-electron chi connectivity index (χ2n) is 5.33. The fraction of sp³-hybridized carbons (Fsp3) is 0.846. The molecule has 0 radical (unpaired) electrons. The van der Waals surface area contributed by atoms with Crippen LogP contribution < -0.4 is 0 Å². The van der Waals surface area contributed by atoms with Gasteiger partial charge in [-0.25, -0.2) is 0 Å². The molecule has 2 rings (SSSR count). The molecular formula is C13H22N2O3. The number of amides is 1. The summed E-state index contributed by atoms with van der Waals surface area (Å²) >= 11 is 0. The molecule has 0 spiro atoms. The van der Waals surface area contributed by atoms with Crippen LogP contribution in [0.5, 0.6) is 0 Å². The first kappa shape index (κ1) is 13.3. The first-order valence-electron chi connectivity index (χ1n) is 6.90. The lowest BCUT2D eigenvalue weighted by Crippen LogP contribution is -2.46. The van der Waals surface area contributed by atoms with E-state index in [2.05, 4.69) is 4.90 Å². The molecule has 0 aromatic rings. The van der Waals surface area contributed by atoms with Gasteiger partial charge < -0.3 is 10.0 Å². The number of carboxylic acids is 1. The smallest absolute Gasteiger partial charge is 0.306 e. The number of hydrogen-bond acceptors (Lipinski definition) is 3. The van der Waals surface area contributed by atoms with Crippen molar-refractivity contribution in [1.29, 1.82) is 0 Å². The van der Waals surface area contributed by atoms with E-state index in [1.165, 1.54) is 19.3 Å². The number of piperidine rings is 2. The molecule has 2 fully saturated rings. The summed E-state index contributed by atoms with van der Waals surface area (Å²) in [5.41, 5.74) is 0. The van der Waals surface area contributed by atoms with Gasteiger partial charge in [-0.2, -0.15) is 0 Å². The second kappa shape index (κ2) is 6.18. The maximum Gasteiger partial charge on any atom is 0.306 e. The molecule has 5 nitrogen and oxygen atoms in total. The Morgan fingerprint density at radius 2 is 1.61 bits per heavy atom. The Labute approximate surface area is 108 Å². The lowest BCUT2D eigenvalue weighted by Gasteiger charge is -2.33. The van der Waals surface area contributed by atoms with Gasteiger partial charge in [0.05, 0.1) is 12.5 Å². The molecule has 2 heterocycles. The van der Waals surface area contributed by atoms with Gasteiger partial charge in [-0.3, -0.25) is 14.5 Å². The molecule has 1 amide bonds. The monoisotopic (exact) mass is 254 g/mol. The molecule has 102 valence electrons. The highest BCUT2D eigenvalue weighted by molar-refractivity contribution is 5.79. The number of aliphatic carboxylic acids is 1. The minimum Gasteiger partial charge on any atom is -0.481 e. The van der Waals surface area contributed by atoms with Crippen molar-refractivity contribution in [3.05, 3.63) is 0 Å². The Morgan fingerprint density at radius 3 is 2.17 bits per heavy atom. The molecule has 2 aliphatic heterocycles. The van der Waals surface area contributed by atoms with Crippen molar-refractivity contribution in [2.75, 3.05) is 32.7 Å². The third kappa shape index (κ3) is 3.45. The maximum absolute atomic E-state index is 12.1. The van der Waals surface area contributed by atoms with E-state index < -0.39 is 5.97 Å². The van der Waals surface area contributed by atoms with Crippen LogP contribution in [0, 0.1) is 5.92 Å². The van der Waals surface area contributed by atoms with Crippen LogP contribution in [0.4, 0.5) is 0 Å². The van der Waals surface area contributed by atoms with Crippen molar-refractivity contribution >= 4 is 11.9 Å². The van der Waals surface area contributed by atoms with Crippen molar-refractivity contribution in [2.24, 2.45) is 5.92 Å². The largest absolute Gasteiger partial charge is 0.481 e. The van der Waals surface area contributed by atoms with Gasteiger partial charge in [-0.1, -0.05) is 6.42 Å². The van der Waals surface area contributed by atoms with E-state index >= 15 is 0 Å². The lowest BCUT2D eigenvalue weighted by molar-refractivity contribution is -0.146. The zero-order valence-corrected chi connectivity index (χ0v) is 10.8. The van der Waals surface area contributed by atoms with Crippen molar-refractivity contribution in [1.82, 2.24) is 9.80 Å². The molecule has 0 bridgehead atoms. The third-order valence-corrected chi connectivity index (χ3v) is 4.00. The molecule has 0 saturated carbocycles. The lowest BCUT2D eigenvalue weighted by atomic mass is 9.97. The summed E-state index contributed by atoms with van der Waals surface area (Å²) in [5.74, 6) is -0.817. The molecule has 2 saturated heterocycles. The fourth-order valence-corrected chi connectivity index (χ4v) is 2.78. The van der Waals surface area contributed by atoms with Crippen LogP contribution in [0.1, 0.15) is 32.1 Å². The van der Waals surface area contributed by atoms with E-state index in [-0.39, 0.29) is 11.8 Å². The Hall–Kier alpha value is -1.10. The highest BCUT2D eigenvalue weighted by Crippen LogP contribution is 2.18. The molecule has 5 heteroatoms. The molecule has 0 unspecified atom stereocenters. The second-order valence-corrected chi connectivity index (χ2v) is 5.33. The molecular weight excluding hydrogens is 232 g/mol. The average molecular weight is 254 g/mol. The van der Waals surface area contributed by atoms with Gasteiger partial charge in [0.15, 0.2) is 0 Å². The van der Waals surface area contributed by atoms with E-state index in [0.717, 1.165) is 13.1 Å². The molecule has 2 aliphatic rings. The number of rotatable bonds is 3. The van der Waals surface area contributed by atoms with Crippen molar-refractivity contribution in [3.63, 3.8) is 0 Å². The predicted octanol–water partition coefficient (Wildman–Crippen LogP) is 0.795. The van der Waals surface area contributed by atoms with Crippen molar-refractivity contribution in [3.8, 4) is 0 Å². The van der Waals surface area contributed by atoms with Crippen LogP contribution in [0.3, 0.4) is 0 Å². The third-order valence-electron chi connectivity index (χ3n) is 4.00. The maximum atomic E-state index is 12.1. The summed E-state index contributed by atoms with van der Waals surface area (Å²) in [6.07, 6.45) is 4.85. The molecule has 0 aromatic heterocycles. The van der Waals surface area contributed by atoms with Gasteiger partial charge >= 0.3 is 5.97 Å². The van der Waals surface area contributed by atoms with E-state index in [1.807, 2.05) is 4.90 Å². The number of hydrogen-bond donors (Lipinski definition) is 1. The number of carbonyl (C=O) groups excluding carboxylic acids is 1. The number of carbonyl (C=O) groups is 2. The summed E-state index contributed by atoms with van der Waals surface area (Å²) in [6.45, 7) is 3.76. The van der Waals surface area contributed by atoms with Gasteiger partial charge in [0.25, 0.3) is 0 Å². The summed E-state index contributed by atoms with van der Waals surface area (Å²) < 4.78 is 0. The topological polar surface area (TPSA) is 60.9 Å². The van der Waals surface area contributed by atoms with Crippen molar-refractivity contribution < 1.29 is 14.7 Å². The van der Waals surface area contributed by atoms with Gasteiger partial charge in [0.1, 0.15) is 0 Å². The van der Waals surface area contributed by atoms with Crippen LogP contribution >= 0.6 is 0 Å². The van der Waals surface area contributed by atoms with Gasteiger partial charge in [-0.05, 0) is 38.8 Å².